The number of rotatable bonds is 6. The van der Waals surface area contributed by atoms with Crippen LogP contribution < -0.4 is 10.0 Å². The van der Waals surface area contributed by atoms with E-state index in [4.69, 9.17) is 23.2 Å². The normalized spacial score (nSPS) is 18.6. The number of carbonyl (C=O) groups excluding carboxylic acids is 1. The van der Waals surface area contributed by atoms with Gasteiger partial charge in [0.1, 0.15) is 4.90 Å². The summed E-state index contributed by atoms with van der Waals surface area (Å²) in [5.41, 5.74) is 0. The molecule has 1 aromatic rings. The fourth-order valence-electron chi connectivity index (χ4n) is 2.70. The minimum atomic E-state index is -3.86. The van der Waals surface area contributed by atoms with E-state index in [-0.39, 0.29) is 33.8 Å². The van der Waals surface area contributed by atoms with E-state index in [2.05, 4.69) is 10.0 Å². The van der Waals surface area contributed by atoms with Crippen molar-refractivity contribution in [2.75, 3.05) is 26.7 Å². The van der Waals surface area contributed by atoms with Gasteiger partial charge in [0.15, 0.2) is 0 Å². The van der Waals surface area contributed by atoms with Gasteiger partial charge in [-0.05, 0) is 32.0 Å². The first-order valence-electron chi connectivity index (χ1n) is 7.74. The highest BCUT2D eigenvalue weighted by atomic mass is 35.5. The van der Waals surface area contributed by atoms with E-state index in [0.29, 0.717) is 19.1 Å². The number of benzene rings is 1. The molecule has 0 saturated carbocycles. The molecule has 6 nitrogen and oxygen atoms in total. The number of halogens is 2. The summed E-state index contributed by atoms with van der Waals surface area (Å²) in [6.07, 6.45) is 2.08. The zero-order valence-corrected chi connectivity index (χ0v) is 15.7. The van der Waals surface area contributed by atoms with Gasteiger partial charge in [-0.2, -0.15) is 0 Å². The Morgan fingerprint density at radius 3 is 2.62 bits per heavy atom. The molecule has 134 valence electrons. The molecule has 2 rings (SSSR count). The summed E-state index contributed by atoms with van der Waals surface area (Å²) in [7, 11) is -1.99. The van der Waals surface area contributed by atoms with Crippen LogP contribution in [0.15, 0.2) is 23.1 Å². The van der Waals surface area contributed by atoms with Gasteiger partial charge in [0.25, 0.3) is 0 Å². The quantitative estimate of drug-likeness (QED) is 0.772. The molecule has 9 heteroatoms. The summed E-state index contributed by atoms with van der Waals surface area (Å²) in [4.78, 5) is 13.8. The van der Waals surface area contributed by atoms with Crippen LogP contribution in [-0.2, 0) is 14.8 Å². The van der Waals surface area contributed by atoms with Crippen molar-refractivity contribution in [2.45, 2.75) is 30.2 Å². The van der Waals surface area contributed by atoms with Crippen LogP contribution in [-0.4, -0.2) is 51.9 Å². The molecule has 1 aliphatic heterocycles. The average Bonchev–Trinajstić information content (AvgIpc) is 2.54. The lowest BCUT2D eigenvalue weighted by atomic mass is 10.1. The van der Waals surface area contributed by atoms with Crippen molar-refractivity contribution < 1.29 is 13.2 Å². The van der Waals surface area contributed by atoms with E-state index in [1.165, 1.54) is 12.1 Å². The van der Waals surface area contributed by atoms with Crippen LogP contribution in [0.3, 0.4) is 0 Å². The van der Waals surface area contributed by atoms with E-state index < -0.39 is 10.0 Å². The number of likely N-dealkylation sites (N-methyl/N-ethyl adjacent to an activating group) is 1. The number of hydrogen-bond acceptors (Lipinski definition) is 4. The molecular weight excluding hydrogens is 373 g/mol. The standard InChI is InChI=1S/C15H21Cl2N3O3S/c1-18-11-4-3-9-20(10-11)14(21)7-8-19-24(22,23)15-12(16)5-2-6-13(15)17/h2,5-6,11,18-19H,3-4,7-10H2,1H3. The zero-order chi connectivity index (χ0) is 17.7. The minimum Gasteiger partial charge on any atom is -0.341 e. The summed E-state index contributed by atoms with van der Waals surface area (Å²) in [5.74, 6) is -0.0668. The highest BCUT2D eigenvalue weighted by Crippen LogP contribution is 2.28. The van der Waals surface area contributed by atoms with Crippen LogP contribution in [0, 0.1) is 0 Å². The monoisotopic (exact) mass is 393 g/mol. The predicted octanol–water partition coefficient (Wildman–Crippen LogP) is 1.87. The molecule has 0 spiro atoms. The Morgan fingerprint density at radius 2 is 2.00 bits per heavy atom. The molecule has 0 radical (unpaired) electrons. The van der Waals surface area contributed by atoms with E-state index >= 15 is 0 Å². The van der Waals surface area contributed by atoms with Gasteiger partial charge >= 0.3 is 0 Å². The van der Waals surface area contributed by atoms with E-state index in [1.807, 2.05) is 7.05 Å². The van der Waals surface area contributed by atoms with Crippen molar-refractivity contribution in [3.8, 4) is 0 Å². The average molecular weight is 394 g/mol. The molecule has 1 aliphatic rings. The van der Waals surface area contributed by atoms with Crippen LogP contribution in [0.5, 0.6) is 0 Å². The fraction of sp³-hybridized carbons (Fsp3) is 0.533. The van der Waals surface area contributed by atoms with Crippen molar-refractivity contribution in [2.24, 2.45) is 0 Å². The first-order chi connectivity index (χ1) is 11.3. The smallest absolute Gasteiger partial charge is 0.243 e. The van der Waals surface area contributed by atoms with Gasteiger partial charge < -0.3 is 10.2 Å². The third-order valence-corrected chi connectivity index (χ3v) is 6.42. The SMILES string of the molecule is CNC1CCCN(C(=O)CCNS(=O)(=O)c2c(Cl)cccc2Cl)C1. The highest BCUT2D eigenvalue weighted by molar-refractivity contribution is 7.89. The Balaban J connectivity index is 1.92. The number of nitrogens with one attached hydrogen (secondary N) is 2. The number of likely N-dealkylation sites (tertiary alicyclic amines) is 1. The number of amides is 1. The number of hydrogen-bond donors (Lipinski definition) is 2. The van der Waals surface area contributed by atoms with Gasteiger partial charge in [0.2, 0.25) is 15.9 Å². The lowest BCUT2D eigenvalue weighted by Gasteiger charge is -2.32. The topological polar surface area (TPSA) is 78.5 Å². The van der Waals surface area contributed by atoms with E-state index in [9.17, 15) is 13.2 Å². The Labute approximate surface area is 152 Å². The Bertz CT molecular complexity index is 677. The van der Waals surface area contributed by atoms with Gasteiger partial charge in [-0.3, -0.25) is 4.79 Å². The maximum Gasteiger partial charge on any atom is 0.243 e. The Hall–Kier alpha value is -0.860. The highest BCUT2D eigenvalue weighted by Gasteiger charge is 2.24. The van der Waals surface area contributed by atoms with Crippen LogP contribution in [0.25, 0.3) is 0 Å². The van der Waals surface area contributed by atoms with Gasteiger partial charge in [0, 0.05) is 32.1 Å². The lowest BCUT2D eigenvalue weighted by molar-refractivity contribution is -0.132. The minimum absolute atomic E-state index is 0.00341. The summed E-state index contributed by atoms with van der Waals surface area (Å²) in [5, 5.41) is 3.27. The molecule has 0 aromatic heterocycles. The van der Waals surface area contributed by atoms with Gasteiger partial charge in [-0.15, -0.1) is 0 Å². The van der Waals surface area contributed by atoms with Crippen LogP contribution in [0.2, 0.25) is 10.0 Å². The first kappa shape index (κ1) is 19.5. The van der Waals surface area contributed by atoms with Crippen molar-refractivity contribution in [1.82, 2.24) is 14.9 Å². The van der Waals surface area contributed by atoms with Gasteiger partial charge in [-0.1, -0.05) is 29.3 Å². The zero-order valence-electron chi connectivity index (χ0n) is 13.4. The van der Waals surface area contributed by atoms with Gasteiger partial charge in [0.05, 0.1) is 10.0 Å². The lowest BCUT2D eigenvalue weighted by Crippen LogP contribution is -2.47. The molecule has 1 heterocycles. The molecule has 1 amide bonds. The summed E-state index contributed by atoms with van der Waals surface area (Å²) < 4.78 is 27.0. The van der Waals surface area contributed by atoms with Crippen molar-refractivity contribution in [3.63, 3.8) is 0 Å². The number of piperidine rings is 1. The second kappa shape index (κ2) is 8.49. The Morgan fingerprint density at radius 1 is 1.33 bits per heavy atom. The van der Waals surface area contributed by atoms with Gasteiger partial charge in [-0.25, -0.2) is 13.1 Å². The molecule has 1 fully saturated rings. The summed E-state index contributed by atoms with van der Waals surface area (Å²) in [6.45, 7) is 1.36. The second-order valence-corrected chi connectivity index (χ2v) is 8.18. The maximum absolute atomic E-state index is 12.3. The Kier molecular flexibility index (Phi) is 6.88. The molecule has 1 atom stereocenters. The van der Waals surface area contributed by atoms with Crippen molar-refractivity contribution in [3.05, 3.63) is 28.2 Å². The molecule has 0 aliphatic carbocycles. The first-order valence-corrected chi connectivity index (χ1v) is 9.98. The molecule has 1 saturated heterocycles. The maximum atomic E-state index is 12.3. The van der Waals surface area contributed by atoms with E-state index in [0.717, 1.165) is 12.8 Å². The van der Waals surface area contributed by atoms with Crippen molar-refractivity contribution >= 4 is 39.1 Å². The summed E-state index contributed by atoms with van der Waals surface area (Å²) >= 11 is 11.8. The van der Waals surface area contributed by atoms with Crippen molar-refractivity contribution in [1.29, 1.82) is 0 Å². The largest absolute Gasteiger partial charge is 0.341 e. The summed E-state index contributed by atoms with van der Waals surface area (Å²) in [6, 6.07) is 4.78. The van der Waals surface area contributed by atoms with Crippen LogP contribution in [0.4, 0.5) is 0 Å². The molecular formula is C15H21Cl2N3O3S. The molecule has 1 unspecified atom stereocenters. The fourth-order valence-corrected chi connectivity index (χ4v) is 4.87. The molecule has 24 heavy (non-hydrogen) atoms. The third kappa shape index (κ3) is 4.83. The van der Waals surface area contributed by atoms with Crippen LogP contribution in [0.1, 0.15) is 19.3 Å². The van der Waals surface area contributed by atoms with Crippen LogP contribution >= 0.6 is 23.2 Å². The molecule has 2 N–H and O–H groups in total. The number of sulfonamides is 1. The second-order valence-electron chi connectivity index (χ2n) is 5.67. The van der Waals surface area contributed by atoms with E-state index in [1.54, 1.807) is 11.0 Å². The third-order valence-electron chi connectivity index (χ3n) is 4.00. The predicted molar refractivity (Wildman–Crippen MR) is 94.9 cm³/mol. The molecule has 0 bridgehead atoms. The number of carbonyl (C=O) groups is 1. The molecule has 1 aromatic carbocycles. The number of nitrogens with zero attached hydrogens (tertiary/aromatic N) is 1.